The third kappa shape index (κ3) is 5.63. The molecule has 0 saturated heterocycles. The lowest BCUT2D eigenvalue weighted by atomic mass is 10.2. The summed E-state index contributed by atoms with van der Waals surface area (Å²) in [6.07, 6.45) is 3.44. The molecule has 7 nitrogen and oxygen atoms in total. The van der Waals surface area contributed by atoms with Crippen LogP contribution in [0.2, 0.25) is 0 Å². The number of aliphatic hydroxyl groups excluding tert-OH is 1. The molecule has 7 heteroatoms. The first-order valence-corrected chi connectivity index (χ1v) is 7.57. The molecule has 0 aliphatic rings. The average molecular weight is 318 g/mol. The van der Waals surface area contributed by atoms with Crippen molar-refractivity contribution >= 4 is 11.6 Å². The number of hydrogen-bond donors (Lipinski definition) is 3. The minimum absolute atomic E-state index is 0.0710. The second kappa shape index (κ2) is 8.79. The van der Waals surface area contributed by atoms with E-state index in [9.17, 15) is 4.79 Å². The van der Waals surface area contributed by atoms with Crippen molar-refractivity contribution in [1.29, 1.82) is 0 Å². The van der Waals surface area contributed by atoms with Crippen LogP contribution < -0.4 is 15.4 Å². The van der Waals surface area contributed by atoms with Crippen LogP contribution in [0.3, 0.4) is 0 Å². The third-order valence-electron chi connectivity index (χ3n) is 3.08. The molecule has 0 unspecified atom stereocenters. The monoisotopic (exact) mass is 318 g/mol. The minimum Gasteiger partial charge on any atom is -0.494 e. The van der Waals surface area contributed by atoms with Crippen LogP contribution in [0.1, 0.15) is 12.5 Å². The number of anilines is 1. The van der Waals surface area contributed by atoms with Gasteiger partial charge in [-0.1, -0.05) is 12.1 Å². The fourth-order valence-electron chi connectivity index (χ4n) is 2.06. The zero-order chi connectivity index (χ0) is 16.5. The molecule has 2 rings (SSSR count). The van der Waals surface area contributed by atoms with Crippen molar-refractivity contribution in [2.75, 3.05) is 25.1 Å². The van der Waals surface area contributed by atoms with E-state index in [-0.39, 0.29) is 25.6 Å². The van der Waals surface area contributed by atoms with Crippen LogP contribution in [-0.2, 0) is 17.9 Å². The van der Waals surface area contributed by atoms with Gasteiger partial charge in [0.1, 0.15) is 12.3 Å². The van der Waals surface area contributed by atoms with Crippen LogP contribution in [0, 0.1) is 0 Å². The Kier molecular flexibility index (Phi) is 6.43. The fraction of sp³-hybridized carbons (Fsp3) is 0.375. The maximum Gasteiger partial charge on any atom is 0.241 e. The van der Waals surface area contributed by atoms with Crippen molar-refractivity contribution in [2.24, 2.45) is 0 Å². The number of aliphatic hydroxyl groups is 1. The number of hydrogen-bond acceptors (Lipinski definition) is 5. The highest BCUT2D eigenvalue weighted by molar-refractivity contribution is 5.75. The van der Waals surface area contributed by atoms with Gasteiger partial charge in [-0.2, -0.15) is 5.10 Å². The molecule has 0 fully saturated rings. The van der Waals surface area contributed by atoms with Crippen LogP contribution in [0.25, 0.3) is 0 Å². The number of carbonyl (C=O) groups is 1. The Hall–Kier alpha value is -2.54. The van der Waals surface area contributed by atoms with E-state index in [1.807, 2.05) is 31.2 Å². The van der Waals surface area contributed by atoms with E-state index in [0.29, 0.717) is 13.2 Å². The second-order valence-electron chi connectivity index (χ2n) is 4.93. The molecule has 23 heavy (non-hydrogen) atoms. The predicted octanol–water partition coefficient (Wildman–Crippen LogP) is 1.00. The molecule has 0 radical (unpaired) electrons. The Morgan fingerprint density at radius 1 is 1.43 bits per heavy atom. The summed E-state index contributed by atoms with van der Waals surface area (Å²) < 4.78 is 7.02. The molecule has 0 spiro atoms. The molecule has 0 aliphatic heterocycles. The van der Waals surface area contributed by atoms with Crippen molar-refractivity contribution < 1.29 is 14.6 Å². The smallest absolute Gasteiger partial charge is 0.241 e. The Morgan fingerprint density at radius 2 is 2.30 bits per heavy atom. The topological polar surface area (TPSA) is 88.4 Å². The summed E-state index contributed by atoms with van der Waals surface area (Å²) in [6, 6.07) is 7.89. The maximum atomic E-state index is 11.5. The molecular weight excluding hydrogens is 296 g/mol. The summed E-state index contributed by atoms with van der Waals surface area (Å²) in [4.78, 5) is 11.5. The van der Waals surface area contributed by atoms with E-state index in [1.54, 1.807) is 17.1 Å². The Bertz CT molecular complexity index is 627. The van der Waals surface area contributed by atoms with Gasteiger partial charge in [0.2, 0.25) is 5.91 Å². The molecular formula is C16H22N4O3. The Morgan fingerprint density at radius 3 is 3.09 bits per heavy atom. The first-order chi connectivity index (χ1) is 11.2. The maximum absolute atomic E-state index is 11.5. The van der Waals surface area contributed by atoms with Gasteiger partial charge in [-0.05, 0) is 24.6 Å². The molecule has 0 bridgehead atoms. The highest BCUT2D eigenvalue weighted by Gasteiger charge is 2.04. The van der Waals surface area contributed by atoms with Crippen molar-refractivity contribution in [3.63, 3.8) is 0 Å². The SMILES string of the molecule is CCOc1cccc(CNc2cnn(CC(=O)NCCO)c2)c1. The molecule has 3 N–H and O–H groups in total. The molecule has 1 aromatic carbocycles. The fourth-order valence-corrected chi connectivity index (χ4v) is 2.06. The summed E-state index contributed by atoms with van der Waals surface area (Å²) in [7, 11) is 0. The standard InChI is InChI=1S/C16H22N4O3/c1-2-23-15-5-3-4-13(8-15)9-18-14-10-19-20(11-14)12-16(22)17-6-7-21/h3-5,8,10-11,18,21H,2,6-7,9,12H2,1H3,(H,17,22). The Labute approximate surface area is 135 Å². The number of ether oxygens (including phenoxy) is 1. The number of nitrogens with zero attached hydrogens (tertiary/aromatic N) is 2. The van der Waals surface area contributed by atoms with E-state index >= 15 is 0 Å². The molecule has 1 amide bonds. The van der Waals surface area contributed by atoms with E-state index in [1.165, 1.54) is 0 Å². The van der Waals surface area contributed by atoms with E-state index in [0.717, 1.165) is 17.0 Å². The van der Waals surface area contributed by atoms with E-state index < -0.39 is 0 Å². The zero-order valence-electron chi connectivity index (χ0n) is 13.2. The summed E-state index contributed by atoms with van der Waals surface area (Å²) in [5.74, 6) is 0.668. The number of carbonyl (C=O) groups excluding carboxylic acids is 1. The van der Waals surface area contributed by atoms with Crippen LogP contribution in [0.15, 0.2) is 36.7 Å². The number of amides is 1. The van der Waals surface area contributed by atoms with Gasteiger partial charge < -0.3 is 20.5 Å². The predicted molar refractivity (Wildman–Crippen MR) is 87.3 cm³/mol. The highest BCUT2D eigenvalue weighted by atomic mass is 16.5. The number of benzene rings is 1. The van der Waals surface area contributed by atoms with Crippen LogP contribution in [0.5, 0.6) is 5.75 Å². The highest BCUT2D eigenvalue weighted by Crippen LogP contribution is 2.15. The van der Waals surface area contributed by atoms with Gasteiger partial charge in [0.25, 0.3) is 0 Å². The largest absolute Gasteiger partial charge is 0.494 e. The average Bonchev–Trinajstić information content (AvgIpc) is 2.99. The molecule has 0 atom stereocenters. The molecule has 2 aromatic rings. The van der Waals surface area contributed by atoms with Gasteiger partial charge in [-0.25, -0.2) is 0 Å². The van der Waals surface area contributed by atoms with Gasteiger partial charge >= 0.3 is 0 Å². The molecule has 1 heterocycles. The number of nitrogens with one attached hydrogen (secondary N) is 2. The summed E-state index contributed by atoms with van der Waals surface area (Å²) in [6.45, 7) is 3.54. The van der Waals surface area contributed by atoms with Crippen molar-refractivity contribution in [1.82, 2.24) is 15.1 Å². The van der Waals surface area contributed by atoms with Gasteiger partial charge in [-0.3, -0.25) is 9.48 Å². The number of rotatable bonds is 9. The lowest BCUT2D eigenvalue weighted by Gasteiger charge is -2.07. The van der Waals surface area contributed by atoms with Crippen LogP contribution >= 0.6 is 0 Å². The van der Waals surface area contributed by atoms with Crippen molar-refractivity contribution in [2.45, 2.75) is 20.0 Å². The summed E-state index contributed by atoms with van der Waals surface area (Å²) in [5, 5.41) is 18.6. The number of aromatic nitrogens is 2. The third-order valence-corrected chi connectivity index (χ3v) is 3.08. The van der Waals surface area contributed by atoms with Gasteiger partial charge in [0.15, 0.2) is 0 Å². The first kappa shape index (κ1) is 16.8. The van der Waals surface area contributed by atoms with Crippen LogP contribution in [0.4, 0.5) is 5.69 Å². The van der Waals surface area contributed by atoms with Gasteiger partial charge in [0.05, 0.1) is 25.1 Å². The lowest BCUT2D eigenvalue weighted by molar-refractivity contribution is -0.122. The minimum atomic E-state index is -0.182. The summed E-state index contributed by atoms with van der Waals surface area (Å²) in [5.41, 5.74) is 1.94. The molecule has 0 aliphatic carbocycles. The van der Waals surface area contributed by atoms with Crippen molar-refractivity contribution in [3.05, 3.63) is 42.2 Å². The van der Waals surface area contributed by atoms with Gasteiger partial charge in [-0.15, -0.1) is 0 Å². The normalized spacial score (nSPS) is 10.3. The quantitative estimate of drug-likeness (QED) is 0.642. The van der Waals surface area contributed by atoms with Gasteiger partial charge in [0, 0.05) is 19.3 Å². The molecule has 124 valence electrons. The second-order valence-corrected chi connectivity index (χ2v) is 4.93. The zero-order valence-corrected chi connectivity index (χ0v) is 13.2. The van der Waals surface area contributed by atoms with E-state index in [4.69, 9.17) is 9.84 Å². The summed E-state index contributed by atoms with van der Waals surface area (Å²) >= 11 is 0. The van der Waals surface area contributed by atoms with E-state index in [2.05, 4.69) is 15.7 Å². The Balaban J connectivity index is 1.84. The first-order valence-electron chi connectivity index (χ1n) is 7.57. The molecule has 0 saturated carbocycles. The van der Waals surface area contributed by atoms with Crippen molar-refractivity contribution in [3.8, 4) is 5.75 Å². The van der Waals surface area contributed by atoms with Crippen LogP contribution in [-0.4, -0.2) is 40.6 Å². The lowest BCUT2D eigenvalue weighted by Crippen LogP contribution is -2.30. The molecule has 1 aromatic heterocycles.